The third-order valence-electron chi connectivity index (χ3n) is 2.76. The lowest BCUT2D eigenvalue weighted by Crippen LogP contribution is -2.36. The highest BCUT2D eigenvalue weighted by atomic mass is 32.1. The normalized spacial score (nSPS) is 15.9. The number of nitrogens with zero attached hydrogens (tertiary/aromatic N) is 4. The summed E-state index contributed by atoms with van der Waals surface area (Å²) in [7, 11) is 0. The zero-order chi connectivity index (χ0) is 13.4. The number of aromatic carboxylic acids is 1. The number of hydrogen-bond acceptors (Lipinski definition) is 7. The van der Waals surface area contributed by atoms with Crippen LogP contribution in [-0.2, 0) is 4.74 Å². The van der Waals surface area contributed by atoms with E-state index in [1.165, 1.54) is 22.0 Å². The van der Waals surface area contributed by atoms with Crippen molar-refractivity contribution in [3.05, 3.63) is 22.1 Å². The number of ether oxygens (including phenoxy) is 1. The van der Waals surface area contributed by atoms with Gasteiger partial charge in [0.15, 0.2) is 0 Å². The number of anilines is 1. The van der Waals surface area contributed by atoms with Gasteiger partial charge >= 0.3 is 5.97 Å². The maximum absolute atomic E-state index is 11.5. The van der Waals surface area contributed by atoms with E-state index < -0.39 is 11.5 Å². The molecule has 100 valence electrons. The Kier molecular flexibility index (Phi) is 2.91. The van der Waals surface area contributed by atoms with Crippen molar-refractivity contribution in [2.24, 2.45) is 0 Å². The lowest BCUT2D eigenvalue weighted by molar-refractivity contribution is 0.0694. The molecule has 0 aromatic carbocycles. The van der Waals surface area contributed by atoms with Crippen molar-refractivity contribution in [1.82, 2.24) is 14.6 Å². The first kappa shape index (κ1) is 12.1. The summed E-state index contributed by atoms with van der Waals surface area (Å²) in [6.07, 6.45) is 1.20. The molecule has 1 N–H and O–H groups in total. The molecule has 0 aliphatic carbocycles. The molecule has 19 heavy (non-hydrogen) atoms. The fraction of sp³-hybridized carbons (Fsp3) is 0.400. The third-order valence-corrected chi connectivity index (χ3v) is 3.75. The standard InChI is InChI=1S/C10H10N4O4S/c15-7-6(8(16)17)5-14-9(11-7)19-10(12-14)13-1-3-18-4-2-13/h5H,1-4H2,(H,16,17). The predicted molar refractivity (Wildman–Crippen MR) is 67.1 cm³/mol. The average Bonchev–Trinajstić information content (AvgIpc) is 2.81. The molecule has 3 heterocycles. The van der Waals surface area contributed by atoms with Crippen LogP contribution in [0.5, 0.6) is 0 Å². The molecular formula is C10H10N4O4S. The molecule has 1 saturated heterocycles. The number of fused-ring (bicyclic) bond motifs is 1. The summed E-state index contributed by atoms with van der Waals surface area (Å²) in [5.41, 5.74) is -1.12. The zero-order valence-electron chi connectivity index (χ0n) is 9.77. The quantitative estimate of drug-likeness (QED) is 0.806. The molecule has 3 rings (SSSR count). The average molecular weight is 282 g/mol. The highest BCUT2D eigenvalue weighted by molar-refractivity contribution is 7.20. The Hall–Kier alpha value is -2.00. The molecule has 0 unspecified atom stereocenters. The Bertz CT molecular complexity index is 688. The van der Waals surface area contributed by atoms with Gasteiger partial charge in [-0.05, 0) is 0 Å². The Morgan fingerprint density at radius 2 is 2.16 bits per heavy atom. The maximum Gasteiger partial charge on any atom is 0.343 e. The number of rotatable bonds is 2. The molecule has 1 fully saturated rings. The molecule has 0 bridgehead atoms. The number of carbonyl (C=O) groups is 1. The largest absolute Gasteiger partial charge is 0.477 e. The number of carboxylic acid groups (broad SMARTS) is 1. The first-order chi connectivity index (χ1) is 9.15. The second kappa shape index (κ2) is 4.59. The van der Waals surface area contributed by atoms with Crippen LogP contribution in [0.25, 0.3) is 4.96 Å². The van der Waals surface area contributed by atoms with E-state index in [2.05, 4.69) is 10.1 Å². The van der Waals surface area contributed by atoms with Gasteiger partial charge in [-0.1, -0.05) is 11.3 Å². The fourth-order valence-electron chi connectivity index (χ4n) is 1.80. The Balaban J connectivity index is 2.05. The SMILES string of the molecule is O=C(O)c1cn2nc(N3CCOCC3)sc2nc1=O. The van der Waals surface area contributed by atoms with Crippen LogP contribution in [0.4, 0.5) is 5.13 Å². The second-order valence-corrected chi connectivity index (χ2v) is 4.91. The first-order valence-corrected chi connectivity index (χ1v) is 6.43. The summed E-state index contributed by atoms with van der Waals surface area (Å²) in [5, 5.41) is 13.8. The summed E-state index contributed by atoms with van der Waals surface area (Å²) < 4.78 is 6.58. The van der Waals surface area contributed by atoms with Crippen LogP contribution >= 0.6 is 11.3 Å². The van der Waals surface area contributed by atoms with E-state index >= 15 is 0 Å². The monoisotopic (exact) mass is 282 g/mol. The van der Waals surface area contributed by atoms with Gasteiger partial charge in [-0.2, -0.15) is 4.98 Å². The highest BCUT2D eigenvalue weighted by Crippen LogP contribution is 2.22. The van der Waals surface area contributed by atoms with Crippen molar-refractivity contribution in [2.75, 3.05) is 31.2 Å². The van der Waals surface area contributed by atoms with Crippen molar-refractivity contribution >= 4 is 27.4 Å². The molecule has 2 aromatic heterocycles. The molecule has 8 nitrogen and oxygen atoms in total. The van der Waals surface area contributed by atoms with Crippen LogP contribution in [-0.4, -0.2) is 52.0 Å². The van der Waals surface area contributed by atoms with Crippen molar-refractivity contribution in [1.29, 1.82) is 0 Å². The van der Waals surface area contributed by atoms with E-state index in [4.69, 9.17) is 9.84 Å². The minimum atomic E-state index is -1.30. The molecule has 1 aliphatic heterocycles. The lowest BCUT2D eigenvalue weighted by Gasteiger charge is -2.25. The van der Waals surface area contributed by atoms with Crippen LogP contribution in [0.2, 0.25) is 0 Å². The van der Waals surface area contributed by atoms with E-state index in [0.29, 0.717) is 23.3 Å². The summed E-state index contributed by atoms with van der Waals surface area (Å²) in [6, 6.07) is 0. The van der Waals surface area contributed by atoms with Gasteiger partial charge in [-0.25, -0.2) is 9.31 Å². The predicted octanol–water partition coefficient (Wildman–Crippen LogP) is -0.314. The summed E-state index contributed by atoms with van der Waals surface area (Å²) in [4.78, 5) is 28.5. The minimum Gasteiger partial charge on any atom is -0.477 e. The summed E-state index contributed by atoms with van der Waals surface area (Å²) in [5.74, 6) is -1.30. The van der Waals surface area contributed by atoms with Crippen molar-refractivity contribution in [2.45, 2.75) is 0 Å². The number of carboxylic acids is 1. The van der Waals surface area contributed by atoms with Crippen molar-refractivity contribution in [3.8, 4) is 0 Å². The van der Waals surface area contributed by atoms with E-state index in [1.54, 1.807) is 0 Å². The van der Waals surface area contributed by atoms with Gasteiger partial charge in [0.05, 0.1) is 19.4 Å². The highest BCUT2D eigenvalue weighted by Gasteiger charge is 2.18. The minimum absolute atomic E-state index is 0.378. The summed E-state index contributed by atoms with van der Waals surface area (Å²) in [6.45, 7) is 2.69. The van der Waals surface area contributed by atoms with Gasteiger partial charge in [0, 0.05) is 13.1 Å². The maximum atomic E-state index is 11.5. The number of morpholine rings is 1. The van der Waals surface area contributed by atoms with Gasteiger partial charge < -0.3 is 14.7 Å². The summed E-state index contributed by atoms with van der Waals surface area (Å²) >= 11 is 1.26. The zero-order valence-corrected chi connectivity index (χ0v) is 10.6. The van der Waals surface area contributed by atoms with E-state index in [1.807, 2.05) is 4.90 Å². The van der Waals surface area contributed by atoms with Crippen molar-refractivity contribution in [3.63, 3.8) is 0 Å². The van der Waals surface area contributed by atoms with Gasteiger partial charge in [0.2, 0.25) is 10.1 Å². The van der Waals surface area contributed by atoms with E-state index in [0.717, 1.165) is 13.1 Å². The third kappa shape index (κ3) is 2.17. The second-order valence-electron chi connectivity index (χ2n) is 3.98. The van der Waals surface area contributed by atoms with Crippen LogP contribution in [0.3, 0.4) is 0 Å². The van der Waals surface area contributed by atoms with Crippen molar-refractivity contribution < 1.29 is 14.6 Å². The molecular weight excluding hydrogens is 272 g/mol. The first-order valence-electron chi connectivity index (χ1n) is 5.61. The van der Waals surface area contributed by atoms with Crippen LogP contribution in [0.15, 0.2) is 11.0 Å². The Morgan fingerprint density at radius 1 is 1.42 bits per heavy atom. The molecule has 0 spiro atoms. The number of aromatic nitrogens is 3. The van der Waals surface area contributed by atoms with Gasteiger partial charge in [-0.3, -0.25) is 4.79 Å². The van der Waals surface area contributed by atoms with Crippen LogP contribution in [0, 0.1) is 0 Å². The van der Waals surface area contributed by atoms with Gasteiger partial charge in [0.25, 0.3) is 5.56 Å². The van der Waals surface area contributed by atoms with E-state index in [9.17, 15) is 9.59 Å². The topological polar surface area (TPSA) is 97.0 Å². The molecule has 0 amide bonds. The van der Waals surface area contributed by atoms with E-state index in [-0.39, 0.29) is 5.56 Å². The van der Waals surface area contributed by atoms with Gasteiger partial charge in [0.1, 0.15) is 5.56 Å². The number of hydrogen-bond donors (Lipinski definition) is 1. The Labute approximate surface area is 110 Å². The molecule has 9 heteroatoms. The van der Waals surface area contributed by atoms with Gasteiger partial charge in [-0.15, -0.1) is 5.10 Å². The van der Waals surface area contributed by atoms with Crippen LogP contribution in [0.1, 0.15) is 10.4 Å². The van der Waals surface area contributed by atoms with Crippen LogP contribution < -0.4 is 10.5 Å². The molecule has 0 saturated carbocycles. The lowest BCUT2D eigenvalue weighted by atomic mass is 10.3. The molecule has 1 aliphatic rings. The molecule has 0 atom stereocenters. The Morgan fingerprint density at radius 3 is 2.84 bits per heavy atom. The fourth-order valence-corrected chi connectivity index (χ4v) is 2.72. The molecule has 2 aromatic rings. The smallest absolute Gasteiger partial charge is 0.343 e. The molecule has 0 radical (unpaired) electrons.